The van der Waals surface area contributed by atoms with E-state index in [0.29, 0.717) is 11.3 Å². The van der Waals surface area contributed by atoms with E-state index in [1.54, 1.807) is 0 Å². The van der Waals surface area contributed by atoms with Gasteiger partial charge >= 0.3 is 0 Å². The third kappa shape index (κ3) is 3.65. The van der Waals surface area contributed by atoms with Crippen molar-refractivity contribution in [2.24, 2.45) is 57.4 Å². The SMILES string of the molecule is CC(C)CCCC(C)C1CCC2C3CC(O)C4C/C(=N/O)CC[C@]4(C)C3CC[C@]12C. The molecule has 9 atom stereocenters. The molecular formula is C27H47NO2. The summed E-state index contributed by atoms with van der Waals surface area (Å²) in [4.78, 5) is 0. The topological polar surface area (TPSA) is 52.8 Å². The molecule has 0 aromatic rings. The molecule has 3 heteroatoms. The smallest absolute Gasteiger partial charge is 0.0580 e. The maximum absolute atomic E-state index is 11.2. The van der Waals surface area contributed by atoms with E-state index in [9.17, 15) is 10.3 Å². The Hall–Kier alpha value is -0.570. The Balaban J connectivity index is 1.50. The number of aliphatic hydroxyl groups is 1. The highest BCUT2D eigenvalue weighted by Crippen LogP contribution is 2.68. The van der Waals surface area contributed by atoms with Crippen LogP contribution in [0, 0.1) is 52.3 Å². The summed E-state index contributed by atoms with van der Waals surface area (Å²) in [6.07, 6.45) is 13.2. The molecular weight excluding hydrogens is 370 g/mol. The van der Waals surface area contributed by atoms with E-state index in [-0.39, 0.29) is 17.4 Å². The maximum Gasteiger partial charge on any atom is 0.0580 e. The number of hydrogen-bond donors (Lipinski definition) is 2. The van der Waals surface area contributed by atoms with Gasteiger partial charge < -0.3 is 10.3 Å². The van der Waals surface area contributed by atoms with E-state index in [2.05, 4.69) is 39.8 Å². The van der Waals surface area contributed by atoms with Crippen LogP contribution in [0.15, 0.2) is 5.16 Å². The van der Waals surface area contributed by atoms with Crippen LogP contribution in [0.1, 0.15) is 105 Å². The van der Waals surface area contributed by atoms with Crippen molar-refractivity contribution in [2.75, 3.05) is 0 Å². The Morgan fingerprint density at radius 3 is 2.40 bits per heavy atom. The van der Waals surface area contributed by atoms with E-state index in [4.69, 9.17) is 0 Å². The van der Waals surface area contributed by atoms with Crippen LogP contribution in [-0.4, -0.2) is 22.1 Å². The molecule has 4 saturated carbocycles. The van der Waals surface area contributed by atoms with Crippen molar-refractivity contribution in [3.05, 3.63) is 0 Å². The zero-order valence-electron chi connectivity index (χ0n) is 20.2. The van der Waals surface area contributed by atoms with Crippen LogP contribution in [-0.2, 0) is 0 Å². The second-order valence-corrected chi connectivity index (χ2v) is 12.7. The summed E-state index contributed by atoms with van der Waals surface area (Å²) in [5.74, 6) is 5.07. The lowest BCUT2D eigenvalue weighted by molar-refractivity contribution is -0.149. The van der Waals surface area contributed by atoms with Crippen LogP contribution in [0.5, 0.6) is 0 Å². The number of nitrogens with zero attached hydrogens (tertiary/aromatic N) is 1. The minimum Gasteiger partial charge on any atom is -0.411 e. The summed E-state index contributed by atoms with van der Waals surface area (Å²) in [6.45, 7) is 12.3. The average Bonchev–Trinajstić information content (AvgIpc) is 3.05. The van der Waals surface area contributed by atoms with Crippen molar-refractivity contribution < 1.29 is 10.3 Å². The first-order valence-corrected chi connectivity index (χ1v) is 13.1. The van der Waals surface area contributed by atoms with Gasteiger partial charge in [0.2, 0.25) is 0 Å². The molecule has 0 aliphatic heterocycles. The summed E-state index contributed by atoms with van der Waals surface area (Å²) in [5.41, 5.74) is 1.61. The average molecular weight is 418 g/mol. The van der Waals surface area contributed by atoms with Gasteiger partial charge in [0, 0.05) is 0 Å². The highest BCUT2D eigenvalue weighted by molar-refractivity contribution is 5.85. The molecule has 2 N–H and O–H groups in total. The van der Waals surface area contributed by atoms with Gasteiger partial charge in [-0.2, -0.15) is 0 Å². The molecule has 0 spiro atoms. The van der Waals surface area contributed by atoms with Gasteiger partial charge in [-0.05, 0) is 104 Å². The van der Waals surface area contributed by atoms with Crippen LogP contribution in [0.4, 0.5) is 0 Å². The van der Waals surface area contributed by atoms with Gasteiger partial charge in [-0.3, -0.25) is 0 Å². The minimum atomic E-state index is -0.224. The molecule has 7 unspecified atom stereocenters. The van der Waals surface area contributed by atoms with E-state index in [0.717, 1.165) is 61.0 Å². The van der Waals surface area contributed by atoms with Gasteiger partial charge in [0.25, 0.3) is 0 Å². The Kier molecular flexibility index (Phi) is 6.34. The van der Waals surface area contributed by atoms with Crippen LogP contribution < -0.4 is 0 Å². The Morgan fingerprint density at radius 2 is 1.70 bits per heavy atom. The van der Waals surface area contributed by atoms with Crippen LogP contribution in [0.3, 0.4) is 0 Å². The van der Waals surface area contributed by atoms with Gasteiger partial charge in [-0.25, -0.2) is 0 Å². The molecule has 4 aliphatic carbocycles. The summed E-state index contributed by atoms with van der Waals surface area (Å²) >= 11 is 0. The van der Waals surface area contributed by atoms with E-state index in [1.807, 2.05) is 0 Å². The highest BCUT2D eigenvalue weighted by Gasteiger charge is 2.62. The largest absolute Gasteiger partial charge is 0.411 e. The normalized spacial score (nSPS) is 48.3. The third-order valence-corrected chi connectivity index (χ3v) is 10.9. The lowest BCUT2D eigenvalue weighted by Crippen LogP contribution is -2.58. The Labute approximate surface area is 185 Å². The quantitative estimate of drug-likeness (QED) is 0.377. The fourth-order valence-electron chi connectivity index (χ4n) is 9.22. The van der Waals surface area contributed by atoms with E-state index in [1.165, 1.54) is 44.9 Å². The maximum atomic E-state index is 11.2. The van der Waals surface area contributed by atoms with Crippen molar-refractivity contribution in [3.8, 4) is 0 Å². The first-order chi connectivity index (χ1) is 14.2. The molecule has 0 bridgehead atoms. The van der Waals surface area contributed by atoms with Gasteiger partial charge in [0.05, 0.1) is 11.8 Å². The molecule has 3 nitrogen and oxygen atoms in total. The zero-order chi connectivity index (χ0) is 21.7. The predicted octanol–water partition coefficient (Wildman–Crippen LogP) is 6.91. The standard InChI is InChI=1S/C27H47NO2/c1-17(2)7-6-8-18(3)21-9-10-22-20-16-25(29)24-15-19(28-30)11-13-27(24,5)23(20)12-14-26(21,22)4/h17-18,20-25,29-30H,6-16H2,1-5H3/b28-19+/t18?,20?,21?,22?,23?,24?,25?,26-,27-/m1/s1. The van der Waals surface area contributed by atoms with E-state index < -0.39 is 0 Å². The fourth-order valence-corrected chi connectivity index (χ4v) is 9.22. The van der Waals surface area contributed by atoms with Gasteiger partial charge in [-0.15, -0.1) is 0 Å². The molecule has 4 fully saturated rings. The molecule has 172 valence electrons. The van der Waals surface area contributed by atoms with Gasteiger partial charge in [-0.1, -0.05) is 59.0 Å². The summed E-state index contributed by atoms with van der Waals surface area (Å²) in [6, 6.07) is 0. The van der Waals surface area contributed by atoms with E-state index >= 15 is 0 Å². The lowest BCUT2D eigenvalue weighted by atomic mass is 9.44. The molecule has 4 aliphatic rings. The first-order valence-electron chi connectivity index (χ1n) is 13.1. The summed E-state index contributed by atoms with van der Waals surface area (Å²) < 4.78 is 0. The van der Waals surface area contributed by atoms with Crippen molar-refractivity contribution in [1.29, 1.82) is 0 Å². The van der Waals surface area contributed by atoms with Crippen LogP contribution in [0.25, 0.3) is 0 Å². The van der Waals surface area contributed by atoms with Gasteiger partial charge in [0.15, 0.2) is 0 Å². The van der Waals surface area contributed by atoms with Crippen molar-refractivity contribution in [2.45, 2.75) is 111 Å². The molecule has 0 heterocycles. The molecule has 4 rings (SSSR count). The monoisotopic (exact) mass is 417 g/mol. The molecule has 30 heavy (non-hydrogen) atoms. The first kappa shape index (κ1) is 22.6. The molecule has 0 radical (unpaired) electrons. The Bertz CT molecular complexity index is 645. The number of rotatable bonds is 5. The van der Waals surface area contributed by atoms with Crippen molar-refractivity contribution >= 4 is 5.71 Å². The number of aliphatic hydroxyl groups excluding tert-OH is 1. The van der Waals surface area contributed by atoms with Crippen LogP contribution in [0.2, 0.25) is 0 Å². The number of hydrogen-bond acceptors (Lipinski definition) is 3. The molecule has 0 aromatic carbocycles. The summed E-state index contributed by atoms with van der Waals surface area (Å²) in [7, 11) is 0. The highest BCUT2D eigenvalue weighted by atomic mass is 16.4. The van der Waals surface area contributed by atoms with Gasteiger partial charge in [0.1, 0.15) is 0 Å². The number of oxime groups is 1. The lowest BCUT2D eigenvalue weighted by Gasteiger charge is -2.62. The molecule has 0 aromatic heterocycles. The summed E-state index contributed by atoms with van der Waals surface area (Å²) in [5, 5.41) is 24.1. The second-order valence-electron chi connectivity index (χ2n) is 12.7. The van der Waals surface area contributed by atoms with Crippen LogP contribution >= 0.6 is 0 Å². The number of fused-ring (bicyclic) bond motifs is 5. The fraction of sp³-hybridized carbons (Fsp3) is 0.963. The third-order valence-electron chi connectivity index (χ3n) is 10.9. The van der Waals surface area contributed by atoms with Crippen molar-refractivity contribution in [1.82, 2.24) is 0 Å². The molecule has 0 saturated heterocycles. The Morgan fingerprint density at radius 1 is 0.967 bits per heavy atom. The molecule has 0 amide bonds. The minimum absolute atomic E-state index is 0.221. The predicted molar refractivity (Wildman–Crippen MR) is 124 cm³/mol. The van der Waals surface area contributed by atoms with Crippen molar-refractivity contribution in [3.63, 3.8) is 0 Å². The zero-order valence-corrected chi connectivity index (χ0v) is 20.2. The second kappa shape index (κ2) is 8.41.